The molecule has 0 bridgehead atoms. The van der Waals surface area contributed by atoms with Crippen LogP contribution in [-0.2, 0) is 6.54 Å². The standard InChI is InChI=1S/C20H13Cl5N2O/c1-11-14(7-9-17(28)15-6-8-16(22)19(24)18(15)23)20(25)27(26-11)10-12-2-4-13(21)5-3-12/h2-9H,10H2,1H3. The van der Waals surface area contributed by atoms with Crippen LogP contribution in [0.1, 0.15) is 27.2 Å². The lowest BCUT2D eigenvalue weighted by atomic mass is 10.1. The average molecular weight is 475 g/mol. The maximum atomic E-state index is 12.5. The summed E-state index contributed by atoms with van der Waals surface area (Å²) in [4.78, 5) is 12.5. The summed E-state index contributed by atoms with van der Waals surface area (Å²) >= 11 is 30.4. The molecule has 1 heterocycles. The topological polar surface area (TPSA) is 34.9 Å². The Morgan fingerprint density at radius 3 is 2.36 bits per heavy atom. The lowest BCUT2D eigenvalue weighted by Gasteiger charge is -2.04. The number of halogens is 5. The van der Waals surface area contributed by atoms with Crippen LogP contribution in [-0.4, -0.2) is 15.6 Å². The van der Waals surface area contributed by atoms with E-state index >= 15 is 0 Å². The van der Waals surface area contributed by atoms with E-state index in [0.717, 1.165) is 5.56 Å². The molecule has 0 saturated carbocycles. The van der Waals surface area contributed by atoms with E-state index in [1.165, 1.54) is 18.2 Å². The van der Waals surface area contributed by atoms with Crippen LogP contribution in [0.3, 0.4) is 0 Å². The second kappa shape index (κ2) is 8.89. The summed E-state index contributed by atoms with van der Waals surface area (Å²) in [5.74, 6) is -0.315. The van der Waals surface area contributed by atoms with Gasteiger partial charge in [-0.05, 0) is 48.9 Å². The number of rotatable bonds is 5. The summed E-state index contributed by atoms with van der Waals surface area (Å²) in [5.41, 5.74) is 2.61. The molecule has 0 N–H and O–H groups in total. The van der Waals surface area contributed by atoms with Crippen LogP contribution in [0.5, 0.6) is 0 Å². The minimum absolute atomic E-state index is 0.116. The highest BCUT2D eigenvalue weighted by molar-refractivity contribution is 6.49. The fourth-order valence-electron chi connectivity index (χ4n) is 2.59. The Bertz CT molecular complexity index is 1070. The van der Waals surface area contributed by atoms with E-state index < -0.39 is 0 Å². The molecule has 0 spiro atoms. The van der Waals surface area contributed by atoms with Crippen molar-refractivity contribution in [1.29, 1.82) is 0 Å². The van der Waals surface area contributed by atoms with E-state index in [2.05, 4.69) is 5.10 Å². The molecule has 0 aliphatic heterocycles. The number of hydrogen-bond donors (Lipinski definition) is 0. The Kier molecular flexibility index (Phi) is 6.74. The molecule has 0 radical (unpaired) electrons. The van der Waals surface area contributed by atoms with Crippen molar-refractivity contribution >= 4 is 69.9 Å². The van der Waals surface area contributed by atoms with Crippen molar-refractivity contribution in [3.05, 3.63) is 90.1 Å². The van der Waals surface area contributed by atoms with Gasteiger partial charge >= 0.3 is 0 Å². The summed E-state index contributed by atoms with van der Waals surface area (Å²) in [6.07, 6.45) is 3.00. The first-order valence-corrected chi connectivity index (χ1v) is 10.00. The summed E-state index contributed by atoms with van der Waals surface area (Å²) in [5, 5.41) is 6.08. The number of hydrogen-bond acceptors (Lipinski definition) is 2. The van der Waals surface area contributed by atoms with Crippen molar-refractivity contribution in [2.45, 2.75) is 13.5 Å². The maximum Gasteiger partial charge on any atom is 0.187 e. The van der Waals surface area contributed by atoms with E-state index in [1.807, 2.05) is 31.2 Å². The molecule has 0 amide bonds. The highest BCUT2D eigenvalue weighted by atomic mass is 35.5. The smallest absolute Gasteiger partial charge is 0.187 e. The zero-order chi connectivity index (χ0) is 20.4. The number of allylic oxidation sites excluding steroid dienone is 1. The molecule has 0 saturated heterocycles. The molecular weight excluding hydrogens is 461 g/mol. The highest BCUT2D eigenvalue weighted by Gasteiger charge is 2.15. The van der Waals surface area contributed by atoms with Crippen molar-refractivity contribution < 1.29 is 4.79 Å². The lowest BCUT2D eigenvalue weighted by Crippen LogP contribution is -2.01. The molecule has 0 unspecified atom stereocenters. The first-order chi connectivity index (χ1) is 13.3. The lowest BCUT2D eigenvalue weighted by molar-refractivity contribution is 0.104. The van der Waals surface area contributed by atoms with E-state index in [9.17, 15) is 4.79 Å². The molecule has 2 aromatic carbocycles. The Balaban J connectivity index is 1.84. The quantitative estimate of drug-likeness (QED) is 0.219. The van der Waals surface area contributed by atoms with Crippen LogP contribution in [0, 0.1) is 6.92 Å². The predicted octanol–water partition coefficient (Wildman–Crippen LogP) is 7.40. The van der Waals surface area contributed by atoms with Crippen LogP contribution >= 0.6 is 58.0 Å². The number of aryl methyl sites for hydroxylation is 1. The third-order valence-electron chi connectivity index (χ3n) is 4.06. The SMILES string of the molecule is Cc1nn(Cc2ccc(Cl)cc2)c(Cl)c1C=CC(=O)c1ccc(Cl)c(Cl)c1Cl. The largest absolute Gasteiger partial charge is 0.289 e. The van der Waals surface area contributed by atoms with E-state index in [0.29, 0.717) is 28.0 Å². The number of carbonyl (C=O) groups excluding carboxylic acids is 1. The van der Waals surface area contributed by atoms with Gasteiger partial charge in [-0.2, -0.15) is 5.10 Å². The van der Waals surface area contributed by atoms with E-state index in [1.54, 1.807) is 10.8 Å². The Labute approximate surface area is 187 Å². The van der Waals surface area contributed by atoms with Gasteiger partial charge < -0.3 is 0 Å². The molecule has 0 aliphatic rings. The predicted molar refractivity (Wildman–Crippen MR) is 117 cm³/mol. The third-order valence-corrected chi connectivity index (χ3v) is 6.00. The first kappa shape index (κ1) is 21.2. The summed E-state index contributed by atoms with van der Waals surface area (Å²) in [6, 6.07) is 10.5. The number of ketones is 1. The van der Waals surface area contributed by atoms with Crippen molar-refractivity contribution in [1.82, 2.24) is 9.78 Å². The van der Waals surface area contributed by atoms with Gasteiger partial charge in [-0.3, -0.25) is 4.79 Å². The van der Waals surface area contributed by atoms with Crippen molar-refractivity contribution in [3.8, 4) is 0 Å². The number of benzene rings is 2. The van der Waals surface area contributed by atoms with Gasteiger partial charge in [0.05, 0.1) is 27.3 Å². The molecule has 3 aromatic rings. The second-order valence-corrected chi connectivity index (χ2v) is 7.95. The Morgan fingerprint density at radius 1 is 1.00 bits per heavy atom. The first-order valence-electron chi connectivity index (χ1n) is 8.11. The van der Waals surface area contributed by atoms with Gasteiger partial charge in [0, 0.05) is 16.1 Å². The normalized spacial score (nSPS) is 11.4. The van der Waals surface area contributed by atoms with E-state index in [4.69, 9.17) is 58.0 Å². The molecule has 144 valence electrons. The molecule has 0 aliphatic carbocycles. The fourth-order valence-corrected chi connectivity index (χ4v) is 3.64. The fraction of sp³-hybridized carbons (Fsp3) is 0.100. The summed E-state index contributed by atoms with van der Waals surface area (Å²) < 4.78 is 1.66. The van der Waals surface area contributed by atoms with Crippen LogP contribution < -0.4 is 0 Å². The van der Waals surface area contributed by atoms with Crippen LogP contribution in [0.4, 0.5) is 0 Å². The molecule has 3 rings (SSSR count). The Hall–Kier alpha value is -1.49. The Morgan fingerprint density at radius 2 is 1.68 bits per heavy atom. The molecule has 8 heteroatoms. The minimum Gasteiger partial charge on any atom is -0.289 e. The van der Waals surface area contributed by atoms with Gasteiger partial charge in [0.15, 0.2) is 5.78 Å². The van der Waals surface area contributed by atoms with Gasteiger partial charge in [-0.25, -0.2) is 4.68 Å². The summed E-state index contributed by atoms with van der Waals surface area (Å²) in [7, 11) is 0. The molecule has 0 fully saturated rings. The monoisotopic (exact) mass is 472 g/mol. The molecular formula is C20H13Cl5N2O. The molecule has 0 atom stereocenters. The number of aromatic nitrogens is 2. The molecule has 28 heavy (non-hydrogen) atoms. The van der Waals surface area contributed by atoms with Crippen LogP contribution in [0.2, 0.25) is 25.2 Å². The van der Waals surface area contributed by atoms with Crippen LogP contribution in [0.25, 0.3) is 6.08 Å². The molecule has 1 aromatic heterocycles. The number of nitrogens with zero attached hydrogens (tertiary/aromatic N) is 2. The van der Waals surface area contributed by atoms with Crippen molar-refractivity contribution in [2.75, 3.05) is 0 Å². The summed E-state index contributed by atoms with van der Waals surface area (Å²) in [6.45, 7) is 2.30. The van der Waals surface area contributed by atoms with Gasteiger partial charge in [0.25, 0.3) is 0 Å². The van der Waals surface area contributed by atoms with Gasteiger partial charge in [0.1, 0.15) is 5.15 Å². The zero-order valence-electron chi connectivity index (χ0n) is 14.5. The minimum atomic E-state index is -0.315. The maximum absolute atomic E-state index is 12.5. The average Bonchev–Trinajstić information content (AvgIpc) is 2.93. The van der Waals surface area contributed by atoms with Crippen LogP contribution in [0.15, 0.2) is 42.5 Å². The highest BCUT2D eigenvalue weighted by Crippen LogP contribution is 2.33. The van der Waals surface area contributed by atoms with Gasteiger partial charge in [0.2, 0.25) is 0 Å². The van der Waals surface area contributed by atoms with Crippen molar-refractivity contribution in [3.63, 3.8) is 0 Å². The zero-order valence-corrected chi connectivity index (χ0v) is 18.3. The second-order valence-electron chi connectivity index (χ2n) is 5.99. The van der Waals surface area contributed by atoms with E-state index in [-0.39, 0.29) is 26.4 Å². The third kappa shape index (κ3) is 4.56. The van der Waals surface area contributed by atoms with Gasteiger partial charge in [-0.15, -0.1) is 0 Å². The van der Waals surface area contributed by atoms with Gasteiger partial charge in [-0.1, -0.05) is 70.1 Å². The van der Waals surface area contributed by atoms with Crippen molar-refractivity contribution in [2.24, 2.45) is 0 Å². The number of carbonyl (C=O) groups is 1. The molecule has 3 nitrogen and oxygen atoms in total.